The third-order valence-electron chi connectivity index (χ3n) is 3.90. The summed E-state index contributed by atoms with van der Waals surface area (Å²) in [6.07, 6.45) is 6.47. The number of nitrogens with two attached hydrogens (primary N) is 1. The molecule has 27 heavy (non-hydrogen) atoms. The van der Waals surface area contributed by atoms with E-state index in [9.17, 15) is 8.78 Å². The van der Waals surface area contributed by atoms with Crippen LogP contribution in [0.5, 0.6) is 0 Å². The van der Waals surface area contributed by atoms with Crippen LogP contribution in [0, 0.1) is 11.6 Å². The zero-order chi connectivity index (χ0) is 19.0. The summed E-state index contributed by atoms with van der Waals surface area (Å²) in [5.41, 5.74) is 7.35. The lowest BCUT2D eigenvalue weighted by atomic mass is 10.3. The molecule has 0 radical (unpaired) electrons. The van der Waals surface area contributed by atoms with E-state index in [-0.39, 0.29) is 6.04 Å². The second-order valence-corrected chi connectivity index (χ2v) is 5.84. The quantitative estimate of drug-likeness (QED) is 0.570. The first-order chi connectivity index (χ1) is 13.0. The number of anilines is 2. The molecule has 0 aliphatic carbocycles. The van der Waals surface area contributed by atoms with Crippen LogP contribution in [0.25, 0.3) is 17.2 Å². The summed E-state index contributed by atoms with van der Waals surface area (Å²) in [5, 5.41) is 3.08. The number of halogens is 2. The third-order valence-corrected chi connectivity index (χ3v) is 3.90. The van der Waals surface area contributed by atoms with Crippen LogP contribution in [0.15, 0.2) is 43.1 Å². The molecule has 4 heterocycles. The second-order valence-electron chi connectivity index (χ2n) is 5.84. The number of hydrogen-bond donors (Lipinski definition) is 2. The Morgan fingerprint density at radius 1 is 1.00 bits per heavy atom. The molecule has 10 heteroatoms. The van der Waals surface area contributed by atoms with Gasteiger partial charge in [0.1, 0.15) is 23.0 Å². The van der Waals surface area contributed by atoms with Crippen molar-refractivity contribution in [3.8, 4) is 11.5 Å². The minimum Gasteiger partial charge on any atom is -0.394 e. The summed E-state index contributed by atoms with van der Waals surface area (Å²) < 4.78 is 28.1. The predicted octanol–water partition coefficient (Wildman–Crippen LogP) is 2.61. The highest BCUT2D eigenvalue weighted by Crippen LogP contribution is 2.24. The zero-order valence-electron chi connectivity index (χ0n) is 14.1. The van der Waals surface area contributed by atoms with Crippen molar-refractivity contribution >= 4 is 17.2 Å². The Kier molecular flexibility index (Phi) is 4.07. The topological polar surface area (TPSA) is 107 Å². The SMILES string of the molecule is CC(Nc1nc(-c2cnc3ccc(F)cn23)ncc1N)c1ncc(F)cn1. The number of aromatic nitrogens is 6. The fourth-order valence-corrected chi connectivity index (χ4v) is 2.57. The summed E-state index contributed by atoms with van der Waals surface area (Å²) in [6, 6.07) is 2.51. The van der Waals surface area contributed by atoms with E-state index in [2.05, 4.69) is 30.2 Å². The molecule has 0 amide bonds. The summed E-state index contributed by atoms with van der Waals surface area (Å²) in [6.45, 7) is 1.79. The van der Waals surface area contributed by atoms with Gasteiger partial charge in [-0.2, -0.15) is 0 Å². The first kappa shape index (κ1) is 16.8. The molecule has 0 aliphatic heterocycles. The Morgan fingerprint density at radius 2 is 1.78 bits per heavy atom. The van der Waals surface area contributed by atoms with E-state index in [0.29, 0.717) is 34.5 Å². The van der Waals surface area contributed by atoms with Gasteiger partial charge in [0.15, 0.2) is 17.5 Å². The molecule has 1 unspecified atom stereocenters. The molecule has 0 spiro atoms. The Labute approximate surface area is 152 Å². The standard InChI is InChI=1S/C17H14F2N8/c1-9(15-22-4-11(19)5-23-15)25-16-12(20)6-24-17(26-16)13-7-21-14-3-2-10(18)8-27(13)14/h2-9H,20H2,1H3,(H,24,25,26). The van der Waals surface area contributed by atoms with E-state index < -0.39 is 11.6 Å². The van der Waals surface area contributed by atoms with Gasteiger partial charge in [-0.3, -0.25) is 4.40 Å². The third kappa shape index (κ3) is 3.24. The highest BCUT2D eigenvalue weighted by Gasteiger charge is 2.15. The van der Waals surface area contributed by atoms with Gasteiger partial charge in [0.2, 0.25) is 0 Å². The van der Waals surface area contributed by atoms with Crippen molar-refractivity contribution in [1.29, 1.82) is 0 Å². The van der Waals surface area contributed by atoms with Crippen molar-refractivity contribution in [1.82, 2.24) is 29.3 Å². The number of nitrogens with one attached hydrogen (secondary N) is 1. The monoisotopic (exact) mass is 368 g/mol. The molecule has 1 atom stereocenters. The number of rotatable bonds is 4. The molecule has 0 aliphatic rings. The molecule has 3 N–H and O–H groups in total. The van der Waals surface area contributed by atoms with Crippen LogP contribution in [-0.2, 0) is 0 Å². The zero-order valence-corrected chi connectivity index (χ0v) is 14.1. The van der Waals surface area contributed by atoms with Gasteiger partial charge in [-0.25, -0.2) is 33.7 Å². The lowest BCUT2D eigenvalue weighted by Gasteiger charge is -2.15. The maximum Gasteiger partial charge on any atom is 0.180 e. The van der Waals surface area contributed by atoms with Crippen molar-refractivity contribution in [3.05, 3.63) is 60.6 Å². The first-order valence-electron chi connectivity index (χ1n) is 8.01. The molecule has 4 rings (SSSR count). The van der Waals surface area contributed by atoms with Gasteiger partial charge < -0.3 is 11.1 Å². The van der Waals surface area contributed by atoms with Crippen molar-refractivity contribution < 1.29 is 8.78 Å². The van der Waals surface area contributed by atoms with Crippen LogP contribution in [0.2, 0.25) is 0 Å². The van der Waals surface area contributed by atoms with Crippen LogP contribution in [-0.4, -0.2) is 29.3 Å². The van der Waals surface area contributed by atoms with Gasteiger partial charge in [-0.05, 0) is 19.1 Å². The fraction of sp³-hybridized carbons (Fsp3) is 0.118. The van der Waals surface area contributed by atoms with Gasteiger partial charge >= 0.3 is 0 Å². The lowest BCUT2D eigenvalue weighted by molar-refractivity contribution is 0.604. The molecule has 0 aromatic carbocycles. The molecule has 0 saturated heterocycles. The van der Waals surface area contributed by atoms with Gasteiger partial charge in [-0.15, -0.1) is 0 Å². The van der Waals surface area contributed by atoms with Crippen LogP contribution < -0.4 is 11.1 Å². The largest absolute Gasteiger partial charge is 0.394 e. The number of nitrogen functional groups attached to an aromatic ring is 1. The van der Waals surface area contributed by atoms with Gasteiger partial charge in [0.25, 0.3) is 0 Å². The maximum atomic E-state index is 13.6. The van der Waals surface area contributed by atoms with Crippen LogP contribution in [0.1, 0.15) is 18.8 Å². The molecule has 8 nitrogen and oxygen atoms in total. The number of nitrogens with zero attached hydrogens (tertiary/aromatic N) is 6. The summed E-state index contributed by atoms with van der Waals surface area (Å²) in [4.78, 5) is 20.7. The van der Waals surface area contributed by atoms with E-state index in [1.165, 1.54) is 18.5 Å². The Morgan fingerprint density at radius 3 is 2.56 bits per heavy atom. The van der Waals surface area contributed by atoms with Crippen LogP contribution >= 0.6 is 0 Å². The lowest BCUT2D eigenvalue weighted by Crippen LogP contribution is -2.13. The molecule has 4 aromatic heterocycles. The van der Waals surface area contributed by atoms with Gasteiger partial charge in [0, 0.05) is 6.20 Å². The van der Waals surface area contributed by atoms with E-state index >= 15 is 0 Å². The summed E-state index contributed by atoms with van der Waals surface area (Å²) >= 11 is 0. The number of imidazole rings is 1. The molecule has 0 saturated carbocycles. The number of hydrogen-bond acceptors (Lipinski definition) is 7. The Bertz CT molecular complexity index is 1110. The molecule has 136 valence electrons. The molecular weight excluding hydrogens is 354 g/mol. The highest BCUT2D eigenvalue weighted by molar-refractivity contribution is 5.65. The van der Waals surface area contributed by atoms with E-state index in [4.69, 9.17) is 5.73 Å². The highest BCUT2D eigenvalue weighted by atomic mass is 19.1. The minimum absolute atomic E-state index is 0.313. The molecule has 0 fully saturated rings. The van der Waals surface area contributed by atoms with E-state index in [1.54, 1.807) is 23.6 Å². The van der Waals surface area contributed by atoms with Crippen LogP contribution in [0.3, 0.4) is 0 Å². The van der Waals surface area contributed by atoms with Crippen LogP contribution in [0.4, 0.5) is 20.3 Å². The smallest absolute Gasteiger partial charge is 0.180 e. The predicted molar refractivity (Wildman–Crippen MR) is 94.6 cm³/mol. The van der Waals surface area contributed by atoms with E-state index in [1.807, 2.05) is 0 Å². The molecular formula is C17H14F2N8. The van der Waals surface area contributed by atoms with Crippen molar-refractivity contribution in [2.45, 2.75) is 13.0 Å². The summed E-state index contributed by atoms with van der Waals surface area (Å²) in [7, 11) is 0. The van der Waals surface area contributed by atoms with E-state index in [0.717, 1.165) is 12.4 Å². The average molecular weight is 368 g/mol. The van der Waals surface area contributed by atoms with Crippen molar-refractivity contribution in [2.24, 2.45) is 0 Å². The van der Waals surface area contributed by atoms with Gasteiger partial charge in [-0.1, -0.05) is 0 Å². The maximum absolute atomic E-state index is 13.6. The van der Waals surface area contributed by atoms with Crippen molar-refractivity contribution in [2.75, 3.05) is 11.1 Å². The Hall–Kier alpha value is -3.69. The minimum atomic E-state index is -0.519. The summed E-state index contributed by atoms with van der Waals surface area (Å²) in [5.74, 6) is 0.129. The average Bonchev–Trinajstić information content (AvgIpc) is 3.07. The number of pyridine rings is 1. The molecule has 0 bridgehead atoms. The number of fused-ring (bicyclic) bond motifs is 1. The molecule has 4 aromatic rings. The Balaban J connectivity index is 1.68. The normalized spacial score (nSPS) is 12.3. The first-order valence-corrected chi connectivity index (χ1v) is 8.01. The fourth-order valence-electron chi connectivity index (χ4n) is 2.57. The van der Waals surface area contributed by atoms with Crippen molar-refractivity contribution in [3.63, 3.8) is 0 Å². The van der Waals surface area contributed by atoms with Gasteiger partial charge in [0.05, 0.1) is 36.5 Å². The second kappa shape index (κ2) is 6.56.